The highest BCUT2D eigenvalue weighted by atomic mass is 35.5. The first-order valence-corrected chi connectivity index (χ1v) is 8.70. The third kappa shape index (κ3) is 4.84. The van der Waals surface area contributed by atoms with E-state index >= 15 is 0 Å². The van der Waals surface area contributed by atoms with Crippen LogP contribution in [0.1, 0.15) is 17.7 Å². The summed E-state index contributed by atoms with van der Waals surface area (Å²) in [7, 11) is -3.30. The molecule has 0 atom stereocenters. The van der Waals surface area contributed by atoms with Crippen molar-refractivity contribution in [2.45, 2.75) is 25.6 Å². The molecule has 114 valence electrons. The van der Waals surface area contributed by atoms with Crippen molar-refractivity contribution in [3.63, 3.8) is 0 Å². The van der Waals surface area contributed by atoms with Gasteiger partial charge >= 0.3 is 0 Å². The first-order valence-electron chi connectivity index (χ1n) is 6.67. The molecule has 0 amide bonds. The molecule has 2 aromatic rings. The Hall–Kier alpha value is -1.37. The Morgan fingerprint density at radius 3 is 2.62 bits per heavy atom. The molecule has 0 aliphatic heterocycles. The Balaban J connectivity index is 1.79. The molecular formula is C14H18ClN3O2S. The summed E-state index contributed by atoms with van der Waals surface area (Å²) in [6.45, 7) is 2.90. The van der Waals surface area contributed by atoms with Crippen molar-refractivity contribution in [2.24, 2.45) is 0 Å². The van der Waals surface area contributed by atoms with Crippen LogP contribution in [0.25, 0.3) is 0 Å². The standard InChI is InChI=1S/C14H18ClN3O2S/c1-12-14(15)10-16-18(12)9-5-8-17-21(19,20)11-13-6-3-2-4-7-13/h2-4,6-7,10,17H,5,8-9,11H2,1H3. The number of sulfonamides is 1. The van der Waals surface area contributed by atoms with Crippen molar-refractivity contribution >= 4 is 21.6 Å². The Kier molecular flexibility index (Phi) is 5.39. The summed E-state index contributed by atoms with van der Waals surface area (Å²) < 4.78 is 28.2. The maximum Gasteiger partial charge on any atom is 0.215 e. The topological polar surface area (TPSA) is 64.0 Å². The minimum Gasteiger partial charge on any atom is -0.268 e. The largest absolute Gasteiger partial charge is 0.268 e. The quantitative estimate of drug-likeness (QED) is 0.794. The number of halogens is 1. The molecule has 7 heteroatoms. The summed E-state index contributed by atoms with van der Waals surface area (Å²) in [4.78, 5) is 0. The zero-order valence-corrected chi connectivity index (χ0v) is 13.4. The molecule has 1 aromatic carbocycles. The fourth-order valence-corrected chi connectivity index (χ4v) is 3.28. The number of aromatic nitrogens is 2. The van der Waals surface area contributed by atoms with Gasteiger partial charge in [-0.3, -0.25) is 4.68 Å². The smallest absolute Gasteiger partial charge is 0.215 e. The number of aryl methyl sites for hydroxylation is 1. The number of nitrogens with zero attached hydrogens (tertiary/aromatic N) is 2. The molecule has 1 heterocycles. The summed E-state index contributed by atoms with van der Waals surface area (Å²) in [5.41, 5.74) is 1.67. The van der Waals surface area contributed by atoms with Gasteiger partial charge in [-0.15, -0.1) is 0 Å². The van der Waals surface area contributed by atoms with Crippen LogP contribution >= 0.6 is 11.6 Å². The Bertz CT molecular complexity index is 683. The average molecular weight is 328 g/mol. The molecule has 2 rings (SSSR count). The highest BCUT2D eigenvalue weighted by Gasteiger charge is 2.10. The van der Waals surface area contributed by atoms with Gasteiger partial charge < -0.3 is 0 Å². The van der Waals surface area contributed by atoms with Gasteiger partial charge in [-0.1, -0.05) is 41.9 Å². The van der Waals surface area contributed by atoms with Crippen molar-refractivity contribution in [3.8, 4) is 0 Å². The molecule has 0 saturated carbocycles. The SMILES string of the molecule is Cc1c(Cl)cnn1CCCNS(=O)(=O)Cc1ccccc1. The Morgan fingerprint density at radius 2 is 2.00 bits per heavy atom. The lowest BCUT2D eigenvalue weighted by Gasteiger charge is -2.08. The van der Waals surface area contributed by atoms with E-state index in [-0.39, 0.29) is 5.75 Å². The average Bonchev–Trinajstić information content (AvgIpc) is 2.76. The molecule has 0 fully saturated rings. The van der Waals surface area contributed by atoms with E-state index in [9.17, 15) is 8.42 Å². The lowest BCUT2D eigenvalue weighted by molar-refractivity contribution is 0.545. The van der Waals surface area contributed by atoms with Gasteiger partial charge in [-0.2, -0.15) is 5.10 Å². The van der Waals surface area contributed by atoms with Gasteiger partial charge in [-0.05, 0) is 18.9 Å². The molecule has 1 aromatic heterocycles. The highest BCUT2D eigenvalue weighted by molar-refractivity contribution is 7.88. The first-order chi connectivity index (χ1) is 9.98. The number of nitrogens with one attached hydrogen (secondary N) is 1. The molecule has 0 unspecified atom stereocenters. The predicted molar refractivity (Wildman–Crippen MR) is 83.7 cm³/mol. The van der Waals surface area contributed by atoms with Crippen LogP contribution in [-0.4, -0.2) is 24.7 Å². The molecule has 0 radical (unpaired) electrons. The molecule has 0 aliphatic carbocycles. The number of rotatable bonds is 7. The zero-order valence-electron chi connectivity index (χ0n) is 11.8. The lowest BCUT2D eigenvalue weighted by atomic mass is 10.2. The van der Waals surface area contributed by atoms with E-state index in [2.05, 4.69) is 9.82 Å². The van der Waals surface area contributed by atoms with Crippen LogP contribution in [0, 0.1) is 6.92 Å². The monoisotopic (exact) mass is 327 g/mol. The van der Waals surface area contributed by atoms with Crippen LogP contribution in [0.5, 0.6) is 0 Å². The van der Waals surface area contributed by atoms with Crippen molar-refractivity contribution in [1.29, 1.82) is 0 Å². The fraction of sp³-hybridized carbons (Fsp3) is 0.357. The van der Waals surface area contributed by atoms with Gasteiger partial charge in [0.25, 0.3) is 0 Å². The molecule has 5 nitrogen and oxygen atoms in total. The molecule has 0 bridgehead atoms. The zero-order chi connectivity index (χ0) is 15.3. The summed E-state index contributed by atoms with van der Waals surface area (Å²) in [6, 6.07) is 9.12. The molecule has 0 saturated heterocycles. The highest BCUT2D eigenvalue weighted by Crippen LogP contribution is 2.13. The van der Waals surface area contributed by atoms with Crippen LogP contribution in [-0.2, 0) is 22.3 Å². The lowest BCUT2D eigenvalue weighted by Crippen LogP contribution is -2.27. The second kappa shape index (κ2) is 7.06. The molecular weight excluding hydrogens is 310 g/mol. The van der Waals surface area contributed by atoms with Crippen LogP contribution in [0.4, 0.5) is 0 Å². The maximum atomic E-state index is 11.9. The van der Waals surface area contributed by atoms with E-state index in [1.54, 1.807) is 23.0 Å². The van der Waals surface area contributed by atoms with Crippen LogP contribution in [0.2, 0.25) is 5.02 Å². The van der Waals surface area contributed by atoms with Crippen molar-refractivity contribution in [1.82, 2.24) is 14.5 Å². The van der Waals surface area contributed by atoms with Gasteiger partial charge in [0.2, 0.25) is 10.0 Å². The third-order valence-electron chi connectivity index (χ3n) is 3.11. The van der Waals surface area contributed by atoms with Crippen molar-refractivity contribution in [3.05, 3.63) is 52.8 Å². The van der Waals surface area contributed by atoms with Gasteiger partial charge in [0.15, 0.2) is 0 Å². The van der Waals surface area contributed by atoms with Gasteiger partial charge in [0.1, 0.15) is 0 Å². The third-order valence-corrected chi connectivity index (χ3v) is 4.84. The van der Waals surface area contributed by atoms with E-state index in [1.165, 1.54) is 0 Å². The molecule has 1 N–H and O–H groups in total. The van der Waals surface area contributed by atoms with E-state index in [4.69, 9.17) is 11.6 Å². The summed E-state index contributed by atoms with van der Waals surface area (Å²) >= 11 is 5.91. The number of benzene rings is 1. The summed E-state index contributed by atoms with van der Waals surface area (Å²) in [5, 5.41) is 4.75. The van der Waals surface area contributed by atoms with Crippen molar-refractivity contribution < 1.29 is 8.42 Å². The van der Waals surface area contributed by atoms with Crippen LogP contribution < -0.4 is 4.72 Å². The van der Waals surface area contributed by atoms with Crippen LogP contribution in [0.3, 0.4) is 0 Å². The summed E-state index contributed by atoms with van der Waals surface area (Å²) in [6.07, 6.45) is 2.25. The van der Waals surface area contributed by atoms with Gasteiger partial charge in [-0.25, -0.2) is 13.1 Å². The molecule has 0 aliphatic rings. The Labute approximate surface area is 130 Å². The summed E-state index contributed by atoms with van der Waals surface area (Å²) in [5.74, 6) is 0.000462. The van der Waals surface area contributed by atoms with Crippen LogP contribution in [0.15, 0.2) is 36.5 Å². The van der Waals surface area contributed by atoms with Crippen molar-refractivity contribution in [2.75, 3.05) is 6.54 Å². The van der Waals surface area contributed by atoms with E-state index in [0.717, 1.165) is 11.3 Å². The van der Waals surface area contributed by atoms with E-state index in [0.29, 0.717) is 24.5 Å². The van der Waals surface area contributed by atoms with Gasteiger partial charge in [0, 0.05) is 13.1 Å². The minimum absolute atomic E-state index is 0.000462. The molecule has 0 spiro atoms. The first kappa shape index (κ1) is 16.0. The Morgan fingerprint density at radius 1 is 1.29 bits per heavy atom. The van der Waals surface area contributed by atoms with Gasteiger partial charge in [0.05, 0.1) is 22.7 Å². The number of hydrogen-bond acceptors (Lipinski definition) is 3. The molecule has 21 heavy (non-hydrogen) atoms. The second-order valence-electron chi connectivity index (χ2n) is 4.79. The van der Waals surface area contributed by atoms with E-state index in [1.807, 2.05) is 25.1 Å². The number of hydrogen-bond donors (Lipinski definition) is 1. The minimum atomic E-state index is -3.30. The van der Waals surface area contributed by atoms with E-state index < -0.39 is 10.0 Å². The fourth-order valence-electron chi connectivity index (χ4n) is 1.95. The maximum absolute atomic E-state index is 11.9. The predicted octanol–water partition coefficient (Wildman–Crippen LogP) is 2.35. The second-order valence-corrected chi connectivity index (χ2v) is 7.01. The normalized spacial score (nSPS) is 11.7.